The number of piperidine rings is 3. The standard InChI is InChI=1S/C48H85N3O8/c1-18-30-21-41(2,3)22-31(23-42(30,4)5)58-39(54)35(19-37(52)56-32-24-43(6,7)49-44(8,9)25-32)36(40(55)59-34-28-47(14,15)51-48(16,17)29-34)20-38(53)57-33-26-45(10,11)50-46(12,13)27-33/h30-36,49-51H,18-29H2,1-17H3. The summed E-state index contributed by atoms with van der Waals surface area (Å²) in [6.07, 6.45) is 4.16. The minimum absolute atomic E-state index is 0.102. The maximum absolute atomic E-state index is 14.9. The fraction of sp³-hybridized carbons (Fsp3) is 0.917. The number of nitrogens with one attached hydrogen (secondary N) is 3. The predicted molar refractivity (Wildman–Crippen MR) is 233 cm³/mol. The predicted octanol–water partition coefficient (Wildman–Crippen LogP) is 8.73. The van der Waals surface area contributed by atoms with Crippen molar-refractivity contribution in [1.29, 1.82) is 0 Å². The first kappa shape index (κ1) is 49.4. The Hall–Kier alpha value is -2.24. The zero-order valence-corrected chi connectivity index (χ0v) is 40.3. The number of ether oxygens (including phenoxy) is 4. The summed E-state index contributed by atoms with van der Waals surface area (Å²) in [4.78, 5) is 58.0. The second kappa shape index (κ2) is 17.5. The molecule has 3 heterocycles. The van der Waals surface area contributed by atoms with Crippen molar-refractivity contribution in [2.24, 2.45) is 28.6 Å². The van der Waals surface area contributed by atoms with Gasteiger partial charge in [0.25, 0.3) is 0 Å². The van der Waals surface area contributed by atoms with Crippen LogP contribution in [0.3, 0.4) is 0 Å². The highest BCUT2D eigenvalue weighted by molar-refractivity contribution is 5.88. The molecule has 4 atom stereocenters. The molecule has 0 aromatic carbocycles. The minimum atomic E-state index is -1.33. The Morgan fingerprint density at radius 3 is 1.03 bits per heavy atom. The van der Waals surface area contributed by atoms with Gasteiger partial charge in [0.1, 0.15) is 24.4 Å². The van der Waals surface area contributed by atoms with E-state index < -0.39 is 73.0 Å². The molecule has 0 bridgehead atoms. The van der Waals surface area contributed by atoms with E-state index in [2.05, 4.69) is 134 Å². The van der Waals surface area contributed by atoms with Gasteiger partial charge in [-0.25, -0.2) is 0 Å². The van der Waals surface area contributed by atoms with Crippen molar-refractivity contribution in [2.45, 2.75) is 252 Å². The van der Waals surface area contributed by atoms with Crippen LogP contribution in [-0.2, 0) is 38.1 Å². The van der Waals surface area contributed by atoms with Gasteiger partial charge in [-0.3, -0.25) is 19.2 Å². The summed E-state index contributed by atoms with van der Waals surface area (Å²) in [6, 6.07) is 0. The lowest BCUT2D eigenvalue weighted by atomic mass is 9.71. The van der Waals surface area contributed by atoms with Gasteiger partial charge in [0, 0.05) is 71.8 Å². The SMILES string of the molecule is CCC1CC(C)(C)CC(OC(=O)C(CC(=O)OC2CC(C)(C)NC(C)(C)C2)C(CC(=O)OC2CC(C)(C)NC(C)(C)C2)C(=O)OC2CC(C)(C)NC(C)(C)C2)CC1(C)C. The molecular formula is C48H85N3O8. The van der Waals surface area contributed by atoms with E-state index in [0.29, 0.717) is 57.3 Å². The Morgan fingerprint density at radius 2 is 0.729 bits per heavy atom. The normalized spacial score (nSPS) is 29.5. The minimum Gasteiger partial charge on any atom is -0.462 e. The molecule has 0 radical (unpaired) electrons. The summed E-state index contributed by atoms with van der Waals surface area (Å²) in [6.45, 7) is 36.1. The number of carbonyl (C=O) groups excluding carboxylic acids is 4. The molecule has 0 spiro atoms. The number of hydrogen-bond acceptors (Lipinski definition) is 11. The molecule has 4 unspecified atom stereocenters. The van der Waals surface area contributed by atoms with Gasteiger partial charge >= 0.3 is 23.9 Å². The van der Waals surface area contributed by atoms with E-state index in [9.17, 15) is 19.2 Å². The molecule has 3 N–H and O–H groups in total. The second-order valence-corrected chi connectivity index (χ2v) is 24.7. The molecule has 11 heteroatoms. The van der Waals surface area contributed by atoms with Gasteiger partial charge in [-0.1, -0.05) is 41.0 Å². The average Bonchev–Trinajstić information content (AvgIpc) is 3.04. The second-order valence-electron chi connectivity index (χ2n) is 24.7. The average molecular weight is 832 g/mol. The summed E-state index contributed by atoms with van der Waals surface area (Å²) in [5, 5.41) is 10.9. The first-order valence-electron chi connectivity index (χ1n) is 22.8. The van der Waals surface area contributed by atoms with Gasteiger partial charge in [-0.2, -0.15) is 0 Å². The fourth-order valence-corrected chi connectivity index (χ4v) is 12.3. The maximum Gasteiger partial charge on any atom is 0.310 e. The number of esters is 4. The summed E-state index contributed by atoms with van der Waals surface area (Å²) in [5.74, 6) is -4.80. The van der Waals surface area contributed by atoms with Gasteiger partial charge in [-0.15, -0.1) is 0 Å². The van der Waals surface area contributed by atoms with Crippen LogP contribution in [0.25, 0.3) is 0 Å². The first-order chi connectivity index (χ1) is 26.6. The summed E-state index contributed by atoms with van der Waals surface area (Å²) in [5.41, 5.74) is -2.02. The van der Waals surface area contributed by atoms with Crippen molar-refractivity contribution >= 4 is 23.9 Å². The molecule has 4 fully saturated rings. The van der Waals surface area contributed by atoms with Crippen LogP contribution in [0.15, 0.2) is 0 Å². The lowest BCUT2D eigenvalue weighted by molar-refractivity contribution is -0.177. The molecular weight excluding hydrogens is 747 g/mol. The zero-order valence-electron chi connectivity index (χ0n) is 40.3. The molecule has 340 valence electrons. The van der Waals surface area contributed by atoms with Gasteiger partial charge < -0.3 is 34.9 Å². The zero-order chi connectivity index (χ0) is 44.8. The van der Waals surface area contributed by atoms with E-state index in [0.717, 1.165) is 12.8 Å². The van der Waals surface area contributed by atoms with Crippen LogP contribution in [0.4, 0.5) is 0 Å². The van der Waals surface area contributed by atoms with Gasteiger partial charge in [0.2, 0.25) is 0 Å². The van der Waals surface area contributed by atoms with Crippen molar-refractivity contribution in [1.82, 2.24) is 16.0 Å². The number of carbonyl (C=O) groups is 4. The molecule has 59 heavy (non-hydrogen) atoms. The molecule has 0 aromatic heterocycles. The molecule has 4 aliphatic rings. The van der Waals surface area contributed by atoms with Crippen molar-refractivity contribution in [3.8, 4) is 0 Å². The Balaban J connectivity index is 1.71. The molecule has 0 amide bonds. The molecule has 0 aromatic rings. The van der Waals surface area contributed by atoms with E-state index in [-0.39, 0.29) is 44.1 Å². The fourth-order valence-electron chi connectivity index (χ4n) is 12.3. The Labute approximate surface area is 358 Å². The Bertz CT molecular complexity index is 1480. The van der Waals surface area contributed by atoms with Crippen LogP contribution < -0.4 is 16.0 Å². The molecule has 3 aliphatic heterocycles. The van der Waals surface area contributed by atoms with Gasteiger partial charge in [-0.05, 0) is 119 Å². The summed E-state index contributed by atoms with van der Waals surface area (Å²) in [7, 11) is 0. The van der Waals surface area contributed by atoms with E-state index in [1.165, 1.54) is 0 Å². The highest BCUT2D eigenvalue weighted by Crippen LogP contribution is 2.49. The van der Waals surface area contributed by atoms with Crippen LogP contribution in [0, 0.1) is 28.6 Å². The van der Waals surface area contributed by atoms with E-state index in [1.807, 2.05) is 0 Å². The Morgan fingerprint density at radius 1 is 0.441 bits per heavy atom. The highest BCUT2D eigenvalue weighted by atomic mass is 16.6. The highest BCUT2D eigenvalue weighted by Gasteiger charge is 2.48. The van der Waals surface area contributed by atoms with Crippen molar-refractivity contribution in [3.05, 3.63) is 0 Å². The molecule has 1 saturated carbocycles. The first-order valence-corrected chi connectivity index (χ1v) is 22.8. The maximum atomic E-state index is 14.9. The van der Waals surface area contributed by atoms with Crippen molar-refractivity contribution < 1.29 is 38.1 Å². The van der Waals surface area contributed by atoms with Crippen LogP contribution >= 0.6 is 0 Å². The molecule has 11 nitrogen and oxygen atoms in total. The molecule has 1 aliphatic carbocycles. The van der Waals surface area contributed by atoms with Crippen LogP contribution in [0.1, 0.15) is 195 Å². The van der Waals surface area contributed by atoms with Crippen LogP contribution in [0.2, 0.25) is 0 Å². The molecule has 3 saturated heterocycles. The third-order valence-corrected chi connectivity index (χ3v) is 13.4. The van der Waals surface area contributed by atoms with E-state index in [4.69, 9.17) is 18.9 Å². The number of hydrogen-bond donors (Lipinski definition) is 3. The third-order valence-electron chi connectivity index (χ3n) is 13.4. The van der Waals surface area contributed by atoms with Crippen molar-refractivity contribution in [2.75, 3.05) is 0 Å². The topological polar surface area (TPSA) is 141 Å². The van der Waals surface area contributed by atoms with E-state index >= 15 is 0 Å². The van der Waals surface area contributed by atoms with Crippen LogP contribution in [0.5, 0.6) is 0 Å². The number of rotatable bonds is 12. The van der Waals surface area contributed by atoms with Gasteiger partial charge in [0.15, 0.2) is 0 Å². The Kier molecular flexibility index (Phi) is 14.7. The van der Waals surface area contributed by atoms with E-state index in [1.54, 1.807) is 0 Å². The summed E-state index contributed by atoms with van der Waals surface area (Å²) >= 11 is 0. The lowest BCUT2D eigenvalue weighted by Crippen LogP contribution is -2.60. The smallest absolute Gasteiger partial charge is 0.310 e. The lowest BCUT2D eigenvalue weighted by Gasteiger charge is -2.46. The third kappa shape index (κ3) is 14.7. The van der Waals surface area contributed by atoms with Crippen molar-refractivity contribution in [3.63, 3.8) is 0 Å². The monoisotopic (exact) mass is 832 g/mol. The largest absolute Gasteiger partial charge is 0.462 e. The molecule has 4 rings (SSSR count). The summed E-state index contributed by atoms with van der Waals surface area (Å²) < 4.78 is 25.2. The van der Waals surface area contributed by atoms with Gasteiger partial charge in [0.05, 0.1) is 24.7 Å². The van der Waals surface area contributed by atoms with Crippen LogP contribution in [-0.4, -0.2) is 81.5 Å². The quantitative estimate of drug-likeness (QED) is 0.0988.